The average molecular weight is 242 g/mol. The van der Waals surface area contributed by atoms with Gasteiger partial charge in [-0.3, -0.25) is 0 Å². The largest absolute Gasteiger partial charge is 0.478 e. The highest BCUT2D eigenvalue weighted by molar-refractivity contribution is 5.89. The molecular formula is C13H22O4. The zero-order valence-corrected chi connectivity index (χ0v) is 10.7. The molecule has 98 valence electrons. The van der Waals surface area contributed by atoms with Crippen LogP contribution in [0, 0.1) is 0 Å². The fraction of sp³-hybridized carbons (Fsp3) is 0.231. The summed E-state index contributed by atoms with van der Waals surface area (Å²) in [4.78, 5) is 19.1. The fourth-order valence-electron chi connectivity index (χ4n) is 0.143. The van der Waals surface area contributed by atoms with Crippen LogP contribution in [0.5, 0.6) is 0 Å². The molecule has 0 unspecified atom stereocenters. The van der Waals surface area contributed by atoms with E-state index in [-0.39, 0.29) is 0 Å². The standard InChI is InChI=1S/C4H4O4.3C3H6/c5-3(6)1-2-4(7)8;3*1-3-2/h1-2H,(H,5,6)(H,7,8);3*3H,1H2,2H3. The Bertz CT molecular complexity index is 210. The van der Waals surface area contributed by atoms with E-state index < -0.39 is 11.9 Å². The maximum atomic E-state index is 9.55. The van der Waals surface area contributed by atoms with Crippen LogP contribution in [0.4, 0.5) is 0 Å². The normalized spacial score (nSPS) is 6.76. The van der Waals surface area contributed by atoms with Crippen molar-refractivity contribution in [2.45, 2.75) is 20.8 Å². The second-order valence-electron chi connectivity index (χ2n) is 2.23. The topological polar surface area (TPSA) is 74.6 Å². The van der Waals surface area contributed by atoms with Crippen LogP contribution < -0.4 is 0 Å². The Hall–Kier alpha value is -2.10. The summed E-state index contributed by atoms with van der Waals surface area (Å²) in [6.07, 6.45) is 6.37. The van der Waals surface area contributed by atoms with Gasteiger partial charge in [0.05, 0.1) is 0 Å². The number of carbonyl (C=O) groups is 2. The predicted octanol–water partition coefficient (Wildman–Crippen LogP) is 3.29. The molecular weight excluding hydrogens is 220 g/mol. The van der Waals surface area contributed by atoms with Crippen molar-refractivity contribution in [1.82, 2.24) is 0 Å². The number of allylic oxidation sites excluding steroid dienone is 3. The minimum Gasteiger partial charge on any atom is -0.478 e. The maximum Gasteiger partial charge on any atom is 0.328 e. The minimum absolute atomic E-state index is 0.558. The van der Waals surface area contributed by atoms with Crippen molar-refractivity contribution in [2.75, 3.05) is 0 Å². The molecule has 0 spiro atoms. The lowest BCUT2D eigenvalue weighted by Crippen LogP contribution is -1.91. The Labute approximate surface area is 103 Å². The second kappa shape index (κ2) is 29.2. The van der Waals surface area contributed by atoms with E-state index in [1.807, 2.05) is 20.8 Å². The fourth-order valence-corrected chi connectivity index (χ4v) is 0.143. The third-order valence-electron chi connectivity index (χ3n) is 0.368. The van der Waals surface area contributed by atoms with Crippen molar-refractivity contribution >= 4 is 11.9 Å². The molecule has 0 fully saturated rings. The number of carboxylic acid groups (broad SMARTS) is 2. The predicted molar refractivity (Wildman–Crippen MR) is 72.0 cm³/mol. The lowest BCUT2D eigenvalue weighted by molar-refractivity contribution is -0.134. The van der Waals surface area contributed by atoms with Crippen LogP contribution in [0.3, 0.4) is 0 Å². The highest BCUT2D eigenvalue weighted by Gasteiger charge is 1.88. The van der Waals surface area contributed by atoms with Gasteiger partial charge in [0.2, 0.25) is 0 Å². The third kappa shape index (κ3) is 234. The van der Waals surface area contributed by atoms with Gasteiger partial charge in [0.25, 0.3) is 0 Å². The summed E-state index contributed by atoms with van der Waals surface area (Å²) >= 11 is 0. The average Bonchev–Trinajstić information content (AvgIpc) is 2.18. The van der Waals surface area contributed by atoms with Gasteiger partial charge in [0.1, 0.15) is 0 Å². The molecule has 0 aromatic carbocycles. The molecule has 4 heteroatoms. The third-order valence-corrected chi connectivity index (χ3v) is 0.368. The lowest BCUT2D eigenvalue weighted by Gasteiger charge is -1.74. The van der Waals surface area contributed by atoms with Crippen molar-refractivity contribution in [1.29, 1.82) is 0 Å². The lowest BCUT2D eigenvalue weighted by atomic mass is 10.5. The van der Waals surface area contributed by atoms with Gasteiger partial charge in [-0.15, -0.1) is 19.7 Å². The number of hydrogen-bond donors (Lipinski definition) is 2. The molecule has 0 saturated carbocycles. The molecule has 0 aliphatic carbocycles. The molecule has 0 aromatic heterocycles. The van der Waals surface area contributed by atoms with Crippen molar-refractivity contribution in [2.24, 2.45) is 0 Å². The van der Waals surface area contributed by atoms with Gasteiger partial charge in [-0.2, -0.15) is 0 Å². The number of aliphatic carboxylic acids is 2. The van der Waals surface area contributed by atoms with Crippen LogP contribution in [0.1, 0.15) is 20.8 Å². The van der Waals surface area contributed by atoms with Gasteiger partial charge in [0.15, 0.2) is 0 Å². The zero-order valence-electron chi connectivity index (χ0n) is 10.7. The highest BCUT2D eigenvalue weighted by Crippen LogP contribution is 1.70. The quantitative estimate of drug-likeness (QED) is 0.575. The molecule has 0 aromatic rings. The van der Waals surface area contributed by atoms with Gasteiger partial charge >= 0.3 is 11.9 Å². The Morgan fingerprint density at radius 1 is 0.765 bits per heavy atom. The summed E-state index contributed by atoms with van der Waals surface area (Å²) in [5, 5.41) is 15.6. The first-order valence-corrected chi connectivity index (χ1v) is 4.72. The zero-order chi connectivity index (χ0) is 14.7. The summed E-state index contributed by atoms with van der Waals surface area (Å²) in [6, 6.07) is 0. The van der Waals surface area contributed by atoms with Crippen LogP contribution in [0.15, 0.2) is 50.1 Å². The first-order valence-electron chi connectivity index (χ1n) is 4.72. The molecule has 4 nitrogen and oxygen atoms in total. The molecule has 0 rings (SSSR count). The van der Waals surface area contributed by atoms with E-state index in [0.717, 1.165) is 0 Å². The first kappa shape index (κ1) is 24.2. The van der Waals surface area contributed by atoms with E-state index >= 15 is 0 Å². The summed E-state index contributed by atoms with van der Waals surface area (Å²) in [6.45, 7) is 15.8. The number of carboxylic acids is 2. The van der Waals surface area contributed by atoms with E-state index in [1.165, 1.54) is 0 Å². The summed E-state index contributed by atoms with van der Waals surface area (Å²) in [5.74, 6) is -2.51. The van der Waals surface area contributed by atoms with Crippen molar-refractivity contribution in [3.05, 3.63) is 50.1 Å². The molecule has 0 saturated heterocycles. The molecule has 0 radical (unpaired) electrons. The number of rotatable bonds is 2. The number of hydrogen-bond acceptors (Lipinski definition) is 2. The molecule has 0 heterocycles. The Kier molecular flexibility index (Phi) is 41.6. The monoisotopic (exact) mass is 242 g/mol. The first-order chi connectivity index (χ1) is 7.87. The van der Waals surface area contributed by atoms with E-state index in [2.05, 4.69) is 19.7 Å². The van der Waals surface area contributed by atoms with Gasteiger partial charge in [0, 0.05) is 12.2 Å². The molecule has 0 amide bonds. The summed E-state index contributed by atoms with van der Waals surface area (Å²) < 4.78 is 0. The van der Waals surface area contributed by atoms with Gasteiger partial charge in [-0.25, -0.2) is 9.59 Å². The highest BCUT2D eigenvalue weighted by atomic mass is 16.4. The van der Waals surface area contributed by atoms with Crippen molar-refractivity contribution < 1.29 is 19.8 Å². The van der Waals surface area contributed by atoms with Crippen LogP contribution in [0.2, 0.25) is 0 Å². The van der Waals surface area contributed by atoms with E-state index in [9.17, 15) is 9.59 Å². The Morgan fingerprint density at radius 3 is 0.941 bits per heavy atom. The molecule has 0 atom stereocenters. The van der Waals surface area contributed by atoms with E-state index in [1.54, 1.807) is 18.2 Å². The minimum atomic E-state index is -1.26. The molecule has 17 heavy (non-hydrogen) atoms. The SMILES string of the molecule is C=CC.C=CC.C=CC.O=C(O)C=CC(=O)O. The molecule has 2 N–H and O–H groups in total. The van der Waals surface area contributed by atoms with Gasteiger partial charge < -0.3 is 10.2 Å². The van der Waals surface area contributed by atoms with Crippen LogP contribution in [-0.4, -0.2) is 22.2 Å². The smallest absolute Gasteiger partial charge is 0.328 e. The maximum absolute atomic E-state index is 9.55. The van der Waals surface area contributed by atoms with Gasteiger partial charge in [-0.05, 0) is 20.8 Å². The molecule has 0 aliphatic heterocycles. The summed E-state index contributed by atoms with van der Waals surface area (Å²) in [7, 11) is 0. The van der Waals surface area contributed by atoms with Crippen molar-refractivity contribution in [3.8, 4) is 0 Å². The van der Waals surface area contributed by atoms with Gasteiger partial charge in [-0.1, -0.05) is 18.2 Å². The van der Waals surface area contributed by atoms with Crippen LogP contribution in [0.25, 0.3) is 0 Å². The Morgan fingerprint density at radius 2 is 0.882 bits per heavy atom. The van der Waals surface area contributed by atoms with Crippen LogP contribution in [-0.2, 0) is 9.59 Å². The summed E-state index contributed by atoms with van der Waals surface area (Å²) in [5.41, 5.74) is 0. The van der Waals surface area contributed by atoms with E-state index in [0.29, 0.717) is 12.2 Å². The van der Waals surface area contributed by atoms with E-state index in [4.69, 9.17) is 10.2 Å². The van der Waals surface area contributed by atoms with Crippen LogP contribution >= 0.6 is 0 Å². The second-order valence-corrected chi connectivity index (χ2v) is 2.23. The van der Waals surface area contributed by atoms with Crippen molar-refractivity contribution in [3.63, 3.8) is 0 Å². The molecule has 0 aliphatic rings. The Balaban J connectivity index is -0.0000000784. The molecule has 0 bridgehead atoms.